The molecule has 1 amide bonds. The number of aromatic nitrogens is 1. The van der Waals surface area contributed by atoms with Crippen molar-refractivity contribution in [1.29, 1.82) is 0 Å². The highest BCUT2D eigenvalue weighted by molar-refractivity contribution is 7.09. The summed E-state index contributed by atoms with van der Waals surface area (Å²) in [7, 11) is 1.61. The zero-order valence-electron chi connectivity index (χ0n) is 11.6. The van der Waals surface area contributed by atoms with Crippen LogP contribution in [0.5, 0.6) is 0 Å². The Balaban J connectivity index is 1.99. The van der Waals surface area contributed by atoms with E-state index >= 15 is 0 Å². The molecule has 0 unspecified atom stereocenters. The van der Waals surface area contributed by atoms with E-state index in [9.17, 15) is 4.79 Å². The van der Waals surface area contributed by atoms with Gasteiger partial charge in [-0.15, -0.1) is 11.3 Å². The van der Waals surface area contributed by atoms with Crippen LogP contribution in [0.4, 0.5) is 11.4 Å². The van der Waals surface area contributed by atoms with Crippen molar-refractivity contribution in [3.8, 4) is 0 Å². The van der Waals surface area contributed by atoms with Gasteiger partial charge >= 0.3 is 0 Å². The van der Waals surface area contributed by atoms with Crippen molar-refractivity contribution in [3.63, 3.8) is 0 Å². The van der Waals surface area contributed by atoms with Gasteiger partial charge in [-0.1, -0.05) is 0 Å². The molecular weight excluding hydrogens is 272 g/mol. The maximum Gasteiger partial charge on any atom is 0.251 e. The van der Waals surface area contributed by atoms with E-state index in [-0.39, 0.29) is 5.91 Å². The van der Waals surface area contributed by atoms with Crippen LogP contribution >= 0.6 is 11.3 Å². The highest BCUT2D eigenvalue weighted by atomic mass is 32.1. The van der Waals surface area contributed by atoms with Crippen molar-refractivity contribution >= 4 is 28.6 Å². The number of aryl methyl sites for hydroxylation is 1. The summed E-state index contributed by atoms with van der Waals surface area (Å²) >= 11 is 1.65. The highest BCUT2D eigenvalue weighted by Crippen LogP contribution is 2.20. The Morgan fingerprint density at radius 1 is 1.45 bits per heavy atom. The lowest BCUT2D eigenvalue weighted by atomic mass is 10.1. The molecular formula is C14H18N4OS. The minimum absolute atomic E-state index is 0.122. The topological polar surface area (TPSA) is 80.0 Å². The van der Waals surface area contributed by atoms with Gasteiger partial charge in [0, 0.05) is 31.0 Å². The lowest BCUT2D eigenvalue weighted by Crippen LogP contribution is -2.18. The summed E-state index contributed by atoms with van der Waals surface area (Å²) in [4.78, 5) is 16.0. The molecule has 0 saturated carbocycles. The van der Waals surface area contributed by atoms with Crippen LogP contribution in [0.25, 0.3) is 0 Å². The molecule has 2 aromatic rings. The number of anilines is 2. The summed E-state index contributed by atoms with van der Waals surface area (Å²) in [6, 6.07) is 5.21. The maximum absolute atomic E-state index is 11.6. The minimum atomic E-state index is -0.122. The van der Waals surface area contributed by atoms with Gasteiger partial charge in [0.1, 0.15) is 0 Å². The van der Waals surface area contributed by atoms with Gasteiger partial charge in [-0.05, 0) is 25.1 Å². The fraction of sp³-hybridized carbons (Fsp3) is 0.286. The molecule has 1 aromatic heterocycles. The van der Waals surface area contributed by atoms with Gasteiger partial charge in [0.05, 0.1) is 22.1 Å². The van der Waals surface area contributed by atoms with Crippen LogP contribution in [0, 0.1) is 6.92 Å². The molecule has 20 heavy (non-hydrogen) atoms. The number of hydrogen-bond donors (Lipinski definition) is 3. The summed E-state index contributed by atoms with van der Waals surface area (Å²) in [6.45, 7) is 2.72. The molecule has 0 aliphatic rings. The van der Waals surface area contributed by atoms with Gasteiger partial charge < -0.3 is 16.4 Å². The average molecular weight is 290 g/mol. The molecule has 0 saturated heterocycles. The number of nitrogen functional groups attached to an aromatic ring is 1. The summed E-state index contributed by atoms with van der Waals surface area (Å²) in [5.41, 5.74) is 8.98. The van der Waals surface area contributed by atoms with E-state index in [0.717, 1.165) is 29.4 Å². The van der Waals surface area contributed by atoms with E-state index < -0.39 is 0 Å². The summed E-state index contributed by atoms with van der Waals surface area (Å²) in [6.07, 6.45) is 0.827. The fourth-order valence-corrected chi connectivity index (χ4v) is 2.49. The first kappa shape index (κ1) is 14.3. The number of rotatable bonds is 5. The van der Waals surface area contributed by atoms with E-state index in [4.69, 9.17) is 5.73 Å². The van der Waals surface area contributed by atoms with Crippen molar-refractivity contribution in [3.05, 3.63) is 39.8 Å². The van der Waals surface area contributed by atoms with Crippen molar-refractivity contribution < 1.29 is 4.79 Å². The third-order valence-corrected chi connectivity index (χ3v) is 3.73. The number of hydrogen-bond acceptors (Lipinski definition) is 5. The Hall–Kier alpha value is -2.08. The molecule has 0 atom stereocenters. The van der Waals surface area contributed by atoms with Gasteiger partial charge in [0.15, 0.2) is 0 Å². The lowest BCUT2D eigenvalue weighted by Gasteiger charge is -2.10. The second-order valence-electron chi connectivity index (χ2n) is 4.42. The van der Waals surface area contributed by atoms with Crippen molar-refractivity contribution in [2.75, 3.05) is 24.6 Å². The summed E-state index contributed by atoms with van der Waals surface area (Å²) in [5, 5.41) is 8.97. The normalized spacial score (nSPS) is 10.3. The van der Waals surface area contributed by atoms with E-state index in [1.807, 2.05) is 6.92 Å². The van der Waals surface area contributed by atoms with Gasteiger partial charge in [-0.3, -0.25) is 4.79 Å². The first-order chi connectivity index (χ1) is 9.60. The number of amides is 1. The Morgan fingerprint density at radius 2 is 2.25 bits per heavy atom. The van der Waals surface area contributed by atoms with Crippen molar-refractivity contribution in [2.45, 2.75) is 13.3 Å². The predicted octanol–water partition coefficient (Wildman–Crippen LogP) is 2.05. The molecule has 0 spiro atoms. The average Bonchev–Trinajstić information content (AvgIpc) is 2.85. The summed E-state index contributed by atoms with van der Waals surface area (Å²) in [5.74, 6) is -0.122. The monoisotopic (exact) mass is 290 g/mol. The van der Waals surface area contributed by atoms with Gasteiger partial charge in [-0.25, -0.2) is 4.98 Å². The van der Waals surface area contributed by atoms with Crippen LogP contribution in [0.2, 0.25) is 0 Å². The molecule has 1 heterocycles. The van der Waals surface area contributed by atoms with Gasteiger partial charge in [0.2, 0.25) is 0 Å². The molecule has 5 nitrogen and oxygen atoms in total. The molecule has 0 aliphatic heterocycles. The molecule has 2 rings (SSSR count). The molecule has 1 aromatic carbocycles. The number of nitrogens with one attached hydrogen (secondary N) is 2. The van der Waals surface area contributed by atoms with E-state index in [1.54, 1.807) is 36.6 Å². The Kier molecular flexibility index (Phi) is 4.57. The number of carbonyl (C=O) groups excluding carboxylic acids is 1. The Bertz CT molecular complexity index is 609. The van der Waals surface area contributed by atoms with Crippen LogP contribution < -0.4 is 16.4 Å². The number of benzene rings is 1. The Labute approximate surface area is 122 Å². The van der Waals surface area contributed by atoms with Crippen LogP contribution in [0.15, 0.2) is 23.6 Å². The van der Waals surface area contributed by atoms with Crippen LogP contribution in [0.3, 0.4) is 0 Å². The largest absolute Gasteiger partial charge is 0.397 e. The summed E-state index contributed by atoms with van der Waals surface area (Å²) < 4.78 is 0. The number of nitrogens with two attached hydrogens (primary N) is 1. The molecule has 0 bridgehead atoms. The van der Waals surface area contributed by atoms with Crippen LogP contribution in [0.1, 0.15) is 21.1 Å². The molecule has 4 N–H and O–H groups in total. The number of nitrogens with zero attached hydrogens (tertiary/aromatic N) is 1. The van der Waals surface area contributed by atoms with Crippen molar-refractivity contribution in [1.82, 2.24) is 10.3 Å². The third-order valence-electron chi connectivity index (χ3n) is 2.91. The second kappa shape index (κ2) is 6.38. The maximum atomic E-state index is 11.6. The minimum Gasteiger partial charge on any atom is -0.397 e. The van der Waals surface area contributed by atoms with Crippen LogP contribution in [-0.2, 0) is 6.42 Å². The van der Waals surface area contributed by atoms with E-state index in [2.05, 4.69) is 21.0 Å². The smallest absolute Gasteiger partial charge is 0.251 e. The molecule has 0 aliphatic carbocycles. The molecule has 6 heteroatoms. The molecule has 0 fully saturated rings. The molecule has 106 valence electrons. The first-order valence-corrected chi connectivity index (χ1v) is 7.24. The van der Waals surface area contributed by atoms with Crippen LogP contribution in [-0.4, -0.2) is 24.5 Å². The first-order valence-electron chi connectivity index (χ1n) is 6.36. The lowest BCUT2D eigenvalue weighted by molar-refractivity contribution is 0.0963. The van der Waals surface area contributed by atoms with E-state index in [1.165, 1.54) is 0 Å². The van der Waals surface area contributed by atoms with Gasteiger partial charge in [0.25, 0.3) is 5.91 Å². The quantitative estimate of drug-likeness (QED) is 0.736. The SMILES string of the molecule is CNC(=O)c1ccc(N)c(NCCc2csc(C)n2)c1. The zero-order valence-corrected chi connectivity index (χ0v) is 12.4. The van der Waals surface area contributed by atoms with Gasteiger partial charge in [-0.2, -0.15) is 0 Å². The number of carbonyl (C=O) groups is 1. The van der Waals surface area contributed by atoms with Crippen molar-refractivity contribution in [2.24, 2.45) is 0 Å². The third kappa shape index (κ3) is 3.48. The van der Waals surface area contributed by atoms with E-state index in [0.29, 0.717) is 11.3 Å². The highest BCUT2D eigenvalue weighted by Gasteiger charge is 2.07. The second-order valence-corrected chi connectivity index (χ2v) is 5.48. The molecule has 0 radical (unpaired) electrons. The predicted molar refractivity (Wildman–Crippen MR) is 83.3 cm³/mol. The fourth-order valence-electron chi connectivity index (χ4n) is 1.84. The Morgan fingerprint density at radius 3 is 2.90 bits per heavy atom. The standard InChI is InChI=1S/C14H18N4OS/c1-9-18-11(8-20-9)5-6-17-13-7-10(14(19)16-2)3-4-12(13)15/h3-4,7-8,17H,5-6,15H2,1-2H3,(H,16,19). The number of thiazole rings is 1. The zero-order chi connectivity index (χ0) is 14.5.